The van der Waals surface area contributed by atoms with Gasteiger partial charge in [-0.15, -0.1) is 0 Å². The van der Waals surface area contributed by atoms with E-state index < -0.39 is 0 Å². The highest BCUT2D eigenvalue weighted by atomic mass is 14.8. The highest BCUT2D eigenvalue weighted by Crippen LogP contribution is 2.47. The Morgan fingerprint density at radius 2 is 0.300 bits per heavy atom. The topological polar surface area (TPSA) is 115 Å². The molecule has 0 radical (unpaired) electrons. The summed E-state index contributed by atoms with van der Waals surface area (Å²) in [5.41, 5.74) is 41.8. The maximum atomic E-state index is 5.85. The fourth-order valence-corrected chi connectivity index (χ4v) is 17.7. The minimum Gasteiger partial charge on any atom is -0.354 e. The molecule has 10 heterocycles. The number of nitrogens with one attached hydrogen (secondary N) is 4. The van der Waals surface area contributed by atoms with Crippen LogP contribution in [0.25, 0.3) is 214 Å². The van der Waals surface area contributed by atoms with Crippen LogP contribution in [-0.4, -0.2) is 39.9 Å². The predicted molar refractivity (Wildman–Crippen MR) is 500 cm³/mol. The van der Waals surface area contributed by atoms with Crippen LogP contribution in [0.15, 0.2) is 388 Å². The van der Waals surface area contributed by atoms with E-state index in [-0.39, 0.29) is 0 Å². The molecule has 0 saturated heterocycles. The molecule has 18 aromatic rings. The molecule has 0 amide bonds. The molecule has 6 aromatic heterocycles. The first-order chi connectivity index (χ1) is 59.5. The molecule has 0 atom stereocenters. The van der Waals surface area contributed by atoms with E-state index in [1.54, 1.807) is 0 Å². The van der Waals surface area contributed by atoms with Crippen LogP contribution in [0, 0.1) is 0 Å². The van der Waals surface area contributed by atoms with Gasteiger partial charge in [0.1, 0.15) is 0 Å². The quantitative estimate of drug-likeness (QED) is 0.0920. The summed E-state index contributed by atoms with van der Waals surface area (Å²) in [6.07, 6.45) is 13.2. The molecule has 4 aliphatic heterocycles. The second-order valence-electron chi connectivity index (χ2n) is 30.6. The van der Waals surface area contributed by atoms with E-state index in [4.69, 9.17) is 19.9 Å². The van der Waals surface area contributed by atoms with E-state index in [9.17, 15) is 0 Å². The lowest BCUT2D eigenvalue weighted by Crippen LogP contribution is -1.92. The van der Waals surface area contributed by atoms with Crippen molar-refractivity contribution in [3.8, 4) is 122 Å². The summed E-state index contributed by atoms with van der Waals surface area (Å²) >= 11 is 0. The van der Waals surface area contributed by atoms with Crippen LogP contribution in [0.5, 0.6) is 0 Å². The molecule has 12 aromatic carbocycles. The molecular formula is C112H74N8. The van der Waals surface area contributed by atoms with Crippen molar-refractivity contribution in [2.45, 2.75) is 0 Å². The average Bonchev–Trinajstić information content (AvgIpc) is 1.60. The SMILES string of the molecule is C1=Cc2nc1c(-c1ccccc1)c1ccc([nH]1)c(-c1ccccc1)c1nc(c(-c3ccccc3)c3ccc([nH]3)c2-c2ccccc2)C(c2ccc(-c3ccc(-c4ccc(-c5ccc(C6=Cc7nc6c(-c6ccccc6)c6ccc([nH]6)c(-c6ccccc6)c6nc(c(-c8ccccc8)c8ccc([nH]8)c7-c7ccccc7)C=C6)cc5)cc4)cc3)cc2)=C1. The van der Waals surface area contributed by atoms with Crippen molar-refractivity contribution >= 4 is 91.7 Å². The third kappa shape index (κ3) is 13.0. The zero-order chi connectivity index (χ0) is 79.4. The summed E-state index contributed by atoms with van der Waals surface area (Å²) in [6.45, 7) is 0. The number of aromatic nitrogens is 8. The molecule has 0 spiro atoms. The predicted octanol–water partition coefficient (Wildman–Crippen LogP) is 28.8. The van der Waals surface area contributed by atoms with E-state index in [0.29, 0.717) is 0 Å². The van der Waals surface area contributed by atoms with Crippen LogP contribution in [0.1, 0.15) is 56.7 Å². The second-order valence-corrected chi connectivity index (χ2v) is 30.6. The zero-order valence-electron chi connectivity index (χ0n) is 65.2. The van der Waals surface area contributed by atoms with Gasteiger partial charge in [0.25, 0.3) is 0 Å². The van der Waals surface area contributed by atoms with Crippen molar-refractivity contribution in [2.75, 3.05) is 0 Å². The van der Waals surface area contributed by atoms with Gasteiger partial charge >= 0.3 is 0 Å². The number of nitrogens with zero attached hydrogens (tertiary/aromatic N) is 4. The van der Waals surface area contributed by atoms with Gasteiger partial charge in [0.15, 0.2) is 0 Å². The first-order valence-corrected chi connectivity index (χ1v) is 40.7. The van der Waals surface area contributed by atoms with Crippen LogP contribution >= 0.6 is 0 Å². The maximum Gasteiger partial charge on any atom is 0.0815 e. The number of hydrogen-bond donors (Lipinski definition) is 4. The number of benzene rings is 12. The molecule has 4 N–H and O–H groups in total. The molecule has 0 fully saturated rings. The van der Waals surface area contributed by atoms with Crippen LogP contribution in [0.3, 0.4) is 0 Å². The van der Waals surface area contributed by atoms with Gasteiger partial charge in [-0.2, -0.15) is 0 Å². The van der Waals surface area contributed by atoms with Gasteiger partial charge in [0.05, 0.1) is 45.6 Å². The molecule has 8 nitrogen and oxygen atoms in total. The van der Waals surface area contributed by atoms with Gasteiger partial charge in [0.2, 0.25) is 0 Å². The van der Waals surface area contributed by atoms with E-state index in [0.717, 1.165) is 234 Å². The van der Waals surface area contributed by atoms with Crippen molar-refractivity contribution in [1.29, 1.82) is 0 Å². The molecule has 22 rings (SSSR count). The molecular weight excluding hydrogens is 1460 g/mol. The molecule has 120 heavy (non-hydrogen) atoms. The third-order valence-electron chi connectivity index (χ3n) is 23.4. The first kappa shape index (κ1) is 70.5. The van der Waals surface area contributed by atoms with Gasteiger partial charge in [-0.25, -0.2) is 19.9 Å². The van der Waals surface area contributed by atoms with Gasteiger partial charge in [0, 0.05) is 99.8 Å². The maximum absolute atomic E-state index is 5.85. The lowest BCUT2D eigenvalue weighted by atomic mass is 9.93. The summed E-state index contributed by atoms with van der Waals surface area (Å²) in [5, 5.41) is 0. The van der Waals surface area contributed by atoms with Crippen LogP contribution < -0.4 is 0 Å². The molecule has 16 bridgehead atoms. The number of rotatable bonds is 13. The van der Waals surface area contributed by atoms with E-state index in [1.165, 1.54) is 0 Å². The summed E-state index contributed by atoms with van der Waals surface area (Å²) in [7, 11) is 0. The lowest BCUT2D eigenvalue weighted by molar-refractivity contribution is 1.30. The van der Waals surface area contributed by atoms with E-state index in [2.05, 4.69) is 445 Å². The van der Waals surface area contributed by atoms with Gasteiger partial charge in [-0.1, -0.05) is 340 Å². The van der Waals surface area contributed by atoms with Crippen LogP contribution in [-0.2, 0) is 0 Å². The summed E-state index contributed by atoms with van der Waals surface area (Å²) in [6, 6.07) is 138. The minimum atomic E-state index is 0.851. The van der Waals surface area contributed by atoms with Gasteiger partial charge in [-0.3, -0.25) is 0 Å². The number of aromatic amines is 4. The average molecular weight is 1530 g/mol. The number of H-pyrrole nitrogens is 4. The highest BCUT2D eigenvalue weighted by Gasteiger charge is 2.27. The standard InChI is InChI=1S/C112H74N8/c1-9-25-79(26-10-1)103-89-57-59-91(113-89)105(81-29-13-3-14-30-81)95-65-67-99(117-95)109(85-37-21-7-22-38-85)111-87(69-101(119-111)107(83-33-17-5-18-34-83)97-63-61-93(103)115-97)77-53-49-75(50-54-77)73-45-41-71(42-46-73)72-43-47-74(48-44-72)76-51-55-78(56-52-76)88-70-102-108(84-35-19-6-20-36-84)98-64-62-94(116-98)104(80-27-11-2-12-28-80)90-58-60-92(114-90)106(82-31-15-4-16-32-82)96-66-68-100(118-96)110(112(88)120-102)86-39-23-8-24-40-86/h1-70,115-118H. The molecule has 0 aliphatic carbocycles. The normalized spacial score (nSPS) is 12.2. The number of hydrogen-bond acceptors (Lipinski definition) is 4. The molecule has 562 valence electrons. The van der Waals surface area contributed by atoms with Crippen molar-refractivity contribution in [1.82, 2.24) is 39.9 Å². The van der Waals surface area contributed by atoms with Gasteiger partial charge < -0.3 is 19.9 Å². The van der Waals surface area contributed by atoms with E-state index in [1.807, 2.05) is 0 Å². The zero-order valence-corrected chi connectivity index (χ0v) is 65.2. The smallest absolute Gasteiger partial charge is 0.0815 e. The fraction of sp³-hybridized carbons (Fsp3) is 0. The summed E-state index contributed by atoms with van der Waals surface area (Å²) < 4.78 is 0. The summed E-state index contributed by atoms with van der Waals surface area (Å²) in [4.78, 5) is 38.6. The Morgan fingerprint density at radius 3 is 0.500 bits per heavy atom. The number of fused-ring (bicyclic) bond motifs is 16. The Kier molecular flexibility index (Phi) is 17.8. The Morgan fingerprint density at radius 1 is 0.133 bits per heavy atom. The highest BCUT2D eigenvalue weighted by molar-refractivity contribution is 6.08. The van der Waals surface area contributed by atoms with E-state index >= 15 is 0 Å². The van der Waals surface area contributed by atoms with Crippen molar-refractivity contribution in [3.05, 3.63) is 445 Å². The first-order valence-electron chi connectivity index (χ1n) is 40.7. The van der Waals surface area contributed by atoms with Crippen molar-refractivity contribution in [3.63, 3.8) is 0 Å². The molecule has 0 saturated carbocycles. The minimum absolute atomic E-state index is 0.851. The van der Waals surface area contributed by atoms with Crippen LogP contribution in [0.4, 0.5) is 0 Å². The lowest BCUT2D eigenvalue weighted by Gasteiger charge is -2.11. The Labute approximate surface area is 694 Å². The Hall–Kier alpha value is -16.2. The van der Waals surface area contributed by atoms with Crippen molar-refractivity contribution in [2.24, 2.45) is 0 Å². The van der Waals surface area contributed by atoms with Gasteiger partial charge in [-0.05, 0) is 174 Å². The fourth-order valence-electron chi connectivity index (χ4n) is 17.7. The Balaban J connectivity index is 0.618. The van der Waals surface area contributed by atoms with Crippen LogP contribution in [0.2, 0.25) is 0 Å². The van der Waals surface area contributed by atoms with Crippen molar-refractivity contribution < 1.29 is 0 Å². The largest absolute Gasteiger partial charge is 0.354 e. The monoisotopic (exact) mass is 1530 g/mol. The molecule has 0 unspecified atom stereocenters. The Bertz CT molecular complexity index is 7060. The third-order valence-corrected chi connectivity index (χ3v) is 23.4. The molecule has 8 heteroatoms. The molecule has 4 aliphatic rings. The summed E-state index contributed by atoms with van der Waals surface area (Å²) in [5.74, 6) is 0. The second kappa shape index (κ2) is 30.2.